The fourth-order valence-electron chi connectivity index (χ4n) is 2.22. The van der Waals surface area contributed by atoms with Crippen molar-refractivity contribution in [3.8, 4) is 6.07 Å². The van der Waals surface area contributed by atoms with Crippen molar-refractivity contribution in [2.24, 2.45) is 7.05 Å². The number of hydrogen-bond donors (Lipinski definition) is 2. The van der Waals surface area contributed by atoms with Crippen LogP contribution in [0.15, 0.2) is 42.6 Å². The van der Waals surface area contributed by atoms with Crippen LogP contribution in [0.2, 0.25) is 0 Å². The van der Waals surface area contributed by atoms with E-state index in [1.807, 2.05) is 36.4 Å². The van der Waals surface area contributed by atoms with E-state index < -0.39 is 0 Å². The molecule has 1 amide bonds. The summed E-state index contributed by atoms with van der Waals surface area (Å²) in [5.41, 5.74) is 1.81. The van der Waals surface area contributed by atoms with Gasteiger partial charge in [0.05, 0.1) is 11.6 Å². The van der Waals surface area contributed by atoms with E-state index in [0.717, 1.165) is 5.56 Å². The minimum absolute atomic E-state index is 0.0174. The molecular formula is C16H17N3O2. The van der Waals surface area contributed by atoms with Crippen LogP contribution in [0, 0.1) is 11.3 Å². The van der Waals surface area contributed by atoms with Gasteiger partial charge in [-0.05, 0) is 18.1 Å². The number of nitriles is 1. The van der Waals surface area contributed by atoms with Crippen molar-refractivity contribution in [2.45, 2.75) is 12.5 Å². The lowest BCUT2D eigenvalue weighted by atomic mass is 10.0. The van der Waals surface area contributed by atoms with Crippen LogP contribution in [0.4, 0.5) is 0 Å². The molecule has 0 spiro atoms. The fraction of sp³-hybridized carbons (Fsp3) is 0.250. The van der Waals surface area contributed by atoms with Crippen molar-refractivity contribution in [2.75, 3.05) is 6.61 Å². The van der Waals surface area contributed by atoms with Crippen molar-refractivity contribution < 1.29 is 9.90 Å². The second-order valence-corrected chi connectivity index (χ2v) is 4.79. The molecule has 0 aliphatic rings. The van der Waals surface area contributed by atoms with E-state index in [1.165, 1.54) is 0 Å². The highest BCUT2D eigenvalue weighted by Gasteiger charge is 2.17. The molecule has 5 nitrogen and oxygen atoms in total. The lowest BCUT2D eigenvalue weighted by molar-refractivity contribution is 0.0921. The molecule has 2 aromatic rings. The molecule has 2 rings (SSSR count). The Labute approximate surface area is 123 Å². The van der Waals surface area contributed by atoms with Gasteiger partial charge >= 0.3 is 0 Å². The van der Waals surface area contributed by atoms with Gasteiger partial charge in [-0.25, -0.2) is 0 Å². The number of carbonyl (C=O) groups excluding carboxylic acids is 1. The van der Waals surface area contributed by atoms with Crippen LogP contribution >= 0.6 is 0 Å². The predicted molar refractivity (Wildman–Crippen MR) is 78.5 cm³/mol. The normalized spacial score (nSPS) is 11.7. The van der Waals surface area contributed by atoms with Crippen LogP contribution in [0.25, 0.3) is 0 Å². The number of amides is 1. The van der Waals surface area contributed by atoms with Gasteiger partial charge in [-0.1, -0.05) is 30.3 Å². The first-order chi connectivity index (χ1) is 10.2. The monoisotopic (exact) mass is 283 g/mol. The highest BCUT2D eigenvalue weighted by Crippen LogP contribution is 2.17. The first-order valence-corrected chi connectivity index (χ1v) is 6.69. The zero-order chi connectivity index (χ0) is 15.2. The number of hydrogen-bond acceptors (Lipinski definition) is 3. The molecule has 0 saturated carbocycles. The Hall–Kier alpha value is -2.58. The molecule has 0 fully saturated rings. The topological polar surface area (TPSA) is 78.0 Å². The maximum atomic E-state index is 12.3. The predicted octanol–water partition coefficient (Wildman–Crippen LogP) is 1.75. The maximum Gasteiger partial charge on any atom is 0.268 e. The largest absolute Gasteiger partial charge is 0.396 e. The lowest BCUT2D eigenvalue weighted by Gasteiger charge is -2.18. The third kappa shape index (κ3) is 3.50. The van der Waals surface area contributed by atoms with E-state index in [4.69, 9.17) is 5.26 Å². The zero-order valence-electron chi connectivity index (χ0n) is 11.8. The van der Waals surface area contributed by atoms with Crippen molar-refractivity contribution >= 4 is 5.91 Å². The van der Waals surface area contributed by atoms with Gasteiger partial charge in [0.1, 0.15) is 11.8 Å². The van der Waals surface area contributed by atoms with E-state index in [0.29, 0.717) is 17.7 Å². The summed E-state index contributed by atoms with van der Waals surface area (Å²) < 4.78 is 1.62. The molecule has 0 bridgehead atoms. The Morgan fingerprint density at radius 1 is 1.43 bits per heavy atom. The maximum absolute atomic E-state index is 12.3. The molecule has 1 atom stereocenters. The van der Waals surface area contributed by atoms with Crippen LogP contribution in [-0.4, -0.2) is 22.2 Å². The van der Waals surface area contributed by atoms with Gasteiger partial charge in [-0.15, -0.1) is 0 Å². The fourth-order valence-corrected chi connectivity index (χ4v) is 2.22. The number of aryl methyl sites for hydroxylation is 1. The SMILES string of the molecule is Cn1cc(C#N)cc1C(=O)NC(CCO)c1ccccc1. The van der Waals surface area contributed by atoms with Crippen LogP contribution in [0.1, 0.15) is 34.1 Å². The van der Waals surface area contributed by atoms with Crippen molar-refractivity contribution in [1.82, 2.24) is 9.88 Å². The standard InChI is InChI=1S/C16H17N3O2/c1-19-11-12(10-17)9-15(19)16(21)18-14(7-8-20)13-5-3-2-4-6-13/h2-6,9,11,14,20H,7-8H2,1H3,(H,18,21). The molecule has 21 heavy (non-hydrogen) atoms. The molecule has 1 aromatic carbocycles. The number of rotatable bonds is 5. The van der Waals surface area contributed by atoms with Crippen LogP contribution < -0.4 is 5.32 Å². The minimum atomic E-state index is -0.263. The summed E-state index contributed by atoms with van der Waals surface area (Å²) in [6.07, 6.45) is 2.05. The molecule has 0 radical (unpaired) electrons. The Morgan fingerprint density at radius 3 is 2.71 bits per heavy atom. The molecule has 5 heteroatoms. The number of aliphatic hydroxyl groups excluding tert-OH is 1. The summed E-state index contributed by atoms with van der Waals surface area (Å²) in [5.74, 6) is -0.263. The van der Waals surface area contributed by atoms with Gasteiger partial charge in [-0.3, -0.25) is 4.79 Å². The first kappa shape index (κ1) is 14.8. The summed E-state index contributed by atoms with van der Waals surface area (Å²) in [6, 6.07) is 12.8. The number of aromatic nitrogens is 1. The molecular weight excluding hydrogens is 266 g/mol. The van der Waals surface area contributed by atoms with Crippen molar-refractivity contribution in [1.29, 1.82) is 5.26 Å². The van der Waals surface area contributed by atoms with E-state index in [1.54, 1.807) is 23.9 Å². The van der Waals surface area contributed by atoms with Crippen molar-refractivity contribution in [3.63, 3.8) is 0 Å². The van der Waals surface area contributed by atoms with Gasteiger partial charge in [0.25, 0.3) is 5.91 Å². The van der Waals surface area contributed by atoms with Gasteiger partial charge in [0.15, 0.2) is 0 Å². The van der Waals surface area contributed by atoms with Crippen molar-refractivity contribution in [3.05, 3.63) is 59.4 Å². The average molecular weight is 283 g/mol. The Bertz CT molecular complexity index is 656. The van der Waals surface area contributed by atoms with Gasteiger partial charge in [0, 0.05) is 19.9 Å². The molecule has 0 aliphatic carbocycles. The summed E-state index contributed by atoms with van der Waals surface area (Å²) in [5, 5.41) is 21.0. The third-order valence-electron chi connectivity index (χ3n) is 3.29. The van der Waals surface area contributed by atoms with Gasteiger partial charge < -0.3 is 15.0 Å². The molecule has 0 saturated heterocycles. The molecule has 1 unspecified atom stereocenters. The van der Waals surface area contributed by atoms with E-state index in [9.17, 15) is 9.90 Å². The molecule has 1 heterocycles. The number of nitrogens with one attached hydrogen (secondary N) is 1. The minimum Gasteiger partial charge on any atom is -0.396 e. The molecule has 108 valence electrons. The molecule has 2 N–H and O–H groups in total. The highest BCUT2D eigenvalue weighted by molar-refractivity contribution is 5.93. The van der Waals surface area contributed by atoms with Crippen LogP contribution in [-0.2, 0) is 7.05 Å². The average Bonchev–Trinajstić information content (AvgIpc) is 2.89. The number of aliphatic hydroxyl groups is 1. The van der Waals surface area contributed by atoms with E-state index >= 15 is 0 Å². The summed E-state index contributed by atoms with van der Waals surface area (Å²) in [7, 11) is 1.72. The highest BCUT2D eigenvalue weighted by atomic mass is 16.3. The first-order valence-electron chi connectivity index (χ1n) is 6.69. The Balaban J connectivity index is 2.19. The summed E-state index contributed by atoms with van der Waals surface area (Å²) >= 11 is 0. The van der Waals surface area contributed by atoms with Gasteiger partial charge in [0.2, 0.25) is 0 Å². The third-order valence-corrected chi connectivity index (χ3v) is 3.29. The summed E-state index contributed by atoms with van der Waals surface area (Å²) in [6.45, 7) is -0.0174. The molecule has 0 aliphatic heterocycles. The van der Waals surface area contributed by atoms with Gasteiger partial charge in [-0.2, -0.15) is 5.26 Å². The number of benzene rings is 1. The van der Waals surface area contributed by atoms with E-state index in [-0.39, 0.29) is 18.6 Å². The van der Waals surface area contributed by atoms with E-state index in [2.05, 4.69) is 5.32 Å². The Kier molecular flexibility index (Phi) is 4.75. The van der Waals surface area contributed by atoms with Crippen LogP contribution in [0.3, 0.4) is 0 Å². The smallest absolute Gasteiger partial charge is 0.268 e. The van der Waals surface area contributed by atoms with Crippen LogP contribution in [0.5, 0.6) is 0 Å². The lowest BCUT2D eigenvalue weighted by Crippen LogP contribution is -2.30. The second kappa shape index (κ2) is 6.73. The second-order valence-electron chi connectivity index (χ2n) is 4.79. The molecule has 1 aromatic heterocycles. The number of nitrogens with zero attached hydrogens (tertiary/aromatic N) is 2. The number of carbonyl (C=O) groups is 1. The quantitative estimate of drug-likeness (QED) is 0.877. The zero-order valence-corrected chi connectivity index (χ0v) is 11.8. The Morgan fingerprint density at radius 2 is 2.14 bits per heavy atom. The summed E-state index contributed by atoms with van der Waals surface area (Å²) in [4.78, 5) is 12.3.